The van der Waals surface area contributed by atoms with Crippen molar-refractivity contribution in [3.05, 3.63) is 60.2 Å². The van der Waals surface area contributed by atoms with Crippen LogP contribution in [0.3, 0.4) is 0 Å². The molecule has 27 heavy (non-hydrogen) atoms. The average molecular weight is 382 g/mol. The Morgan fingerprint density at radius 2 is 1.85 bits per heavy atom. The minimum absolute atomic E-state index is 0.378. The molecule has 0 radical (unpaired) electrons. The van der Waals surface area contributed by atoms with E-state index in [-0.39, 0.29) is 5.91 Å². The molecule has 0 spiro atoms. The average Bonchev–Trinajstić information content (AvgIpc) is 3.09. The monoisotopic (exact) mass is 382 g/mol. The first kappa shape index (κ1) is 19.0. The summed E-state index contributed by atoms with van der Waals surface area (Å²) in [5, 5.41) is 8.97. The standard InChI is InChI=1S/C20H22N4O2S/c1-14(18(21)25)27-20-23-22-19(16-10-6-7-11-17(16)26-2)24(20)13-12-15-8-4-3-5-9-15/h3-11,14H,12-13H2,1-2H3,(H2,21,25)/t14-/m0/s1. The Morgan fingerprint density at radius 1 is 1.15 bits per heavy atom. The molecule has 1 amide bonds. The van der Waals surface area contributed by atoms with Gasteiger partial charge in [0.25, 0.3) is 0 Å². The van der Waals surface area contributed by atoms with E-state index in [1.165, 1.54) is 17.3 Å². The number of hydrogen-bond acceptors (Lipinski definition) is 5. The van der Waals surface area contributed by atoms with Gasteiger partial charge in [-0.25, -0.2) is 0 Å². The summed E-state index contributed by atoms with van der Waals surface area (Å²) < 4.78 is 7.51. The third kappa shape index (κ3) is 4.49. The van der Waals surface area contributed by atoms with Gasteiger partial charge in [-0.1, -0.05) is 54.2 Å². The quantitative estimate of drug-likeness (QED) is 0.605. The minimum atomic E-state index is -0.393. The minimum Gasteiger partial charge on any atom is -0.496 e. The number of amides is 1. The fourth-order valence-electron chi connectivity index (χ4n) is 2.71. The number of para-hydroxylation sites is 1. The molecule has 0 bridgehead atoms. The van der Waals surface area contributed by atoms with E-state index in [0.717, 1.165) is 17.7 Å². The zero-order valence-electron chi connectivity index (χ0n) is 15.3. The molecule has 3 rings (SSSR count). The van der Waals surface area contributed by atoms with Crippen LogP contribution in [0.4, 0.5) is 0 Å². The summed E-state index contributed by atoms with van der Waals surface area (Å²) in [6.45, 7) is 2.45. The third-order valence-corrected chi connectivity index (χ3v) is 5.31. The summed E-state index contributed by atoms with van der Waals surface area (Å²) in [4.78, 5) is 11.5. The van der Waals surface area contributed by atoms with E-state index in [1.807, 2.05) is 47.0 Å². The number of methoxy groups -OCH3 is 1. The van der Waals surface area contributed by atoms with Gasteiger partial charge in [-0.3, -0.25) is 4.79 Å². The number of primary amides is 1. The van der Waals surface area contributed by atoms with Crippen LogP contribution in [0.2, 0.25) is 0 Å². The summed E-state index contributed by atoms with van der Waals surface area (Å²) in [5.74, 6) is 1.06. The van der Waals surface area contributed by atoms with Crippen molar-refractivity contribution >= 4 is 17.7 Å². The van der Waals surface area contributed by atoms with E-state index in [2.05, 4.69) is 22.3 Å². The number of thioether (sulfide) groups is 1. The first-order valence-electron chi connectivity index (χ1n) is 8.66. The summed E-state index contributed by atoms with van der Waals surface area (Å²) in [5.41, 5.74) is 7.50. The number of carbonyl (C=O) groups excluding carboxylic acids is 1. The Bertz CT molecular complexity index is 911. The van der Waals surface area contributed by atoms with E-state index >= 15 is 0 Å². The number of aromatic nitrogens is 3. The van der Waals surface area contributed by atoms with Crippen LogP contribution in [0.1, 0.15) is 12.5 Å². The van der Waals surface area contributed by atoms with Gasteiger partial charge in [-0.2, -0.15) is 0 Å². The molecule has 0 fully saturated rings. The highest BCUT2D eigenvalue weighted by molar-refractivity contribution is 8.00. The first-order valence-corrected chi connectivity index (χ1v) is 9.54. The number of hydrogen-bond donors (Lipinski definition) is 1. The molecule has 1 heterocycles. The van der Waals surface area contributed by atoms with Gasteiger partial charge in [-0.05, 0) is 31.0 Å². The lowest BCUT2D eigenvalue weighted by molar-refractivity contribution is -0.117. The van der Waals surface area contributed by atoms with Crippen LogP contribution in [0.15, 0.2) is 59.8 Å². The fourth-order valence-corrected chi connectivity index (χ4v) is 3.53. The van der Waals surface area contributed by atoms with Crippen LogP contribution in [0, 0.1) is 0 Å². The molecule has 2 N–H and O–H groups in total. The Hall–Kier alpha value is -2.80. The predicted octanol–water partition coefficient (Wildman–Crippen LogP) is 3.16. The van der Waals surface area contributed by atoms with Gasteiger partial charge in [0, 0.05) is 6.54 Å². The highest BCUT2D eigenvalue weighted by Gasteiger charge is 2.20. The molecule has 7 heteroatoms. The van der Waals surface area contributed by atoms with E-state index in [0.29, 0.717) is 17.5 Å². The van der Waals surface area contributed by atoms with E-state index in [4.69, 9.17) is 10.5 Å². The third-order valence-electron chi connectivity index (χ3n) is 4.21. The molecule has 0 unspecified atom stereocenters. The van der Waals surface area contributed by atoms with Crippen LogP contribution in [-0.4, -0.2) is 33.0 Å². The van der Waals surface area contributed by atoms with E-state index < -0.39 is 5.25 Å². The maximum absolute atomic E-state index is 11.5. The maximum Gasteiger partial charge on any atom is 0.230 e. The molecule has 0 aliphatic rings. The number of rotatable bonds is 8. The zero-order chi connectivity index (χ0) is 19.2. The van der Waals surface area contributed by atoms with Crippen molar-refractivity contribution in [2.24, 2.45) is 5.73 Å². The van der Waals surface area contributed by atoms with Crippen LogP contribution >= 0.6 is 11.8 Å². The predicted molar refractivity (Wildman–Crippen MR) is 107 cm³/mol. The highest BCUT2D eigenvalue weighted by atomic mass is 32.2. The molecule has 1 aromatic heterocycles. The fraction of sp³-hybridized carbons (Fsp3) is 0.250. The number of carbonyl (C=O) groups is 1. The van der Waals surface area contributed by atoms with Gasteiger partial charge in [0.2, 0.25) is 5.91 Å². The highest BCUT2D eigenvalue weighted by Crippen LogP contribution is 2.32. The Kier molecular flexibility index (Phi) is 6.13. The van der Waals surface area contributed by atoms with E-state index in [1.54, 1.807) is 14.0 Å². The normalized spacial score (nSPS) is 11.9. The molecule has 3 aromatic rings. The van der Waals surface area contributed by atoms with Crippen LogP contribution in [0.25, 0.3) is 11.4 Å². The van der Waals surface area contributed by atoms with Gasteiger partial charge in [0.15, 0.2) is 11.0 Å². The Balaban J connectivity index is 1.97. The second-order valence-corrected chi connectivity index (χ2v) is 7.36. The van der Waals surface area contributed by atoms with Crippen molar-refractivity contribution in [2.45, 2.75) is 30.3 Å². The summed E-state index contributed by atoms with van der Waals surface area (Å²) in [7, 11) is 1.63. The van der Waals surface area contributed by atoms with Crippen LogP contribution in [0.5, 0.6) is 5.75 Å². The molecular formula is C20H22N4O2S. The molecular weight excluding hydrogens is 360 g/mol. The first-order chi connectivity index (χ1) is 13.1. The topological polar surface area (TPSA) is 83.0 Å². The maximum atomic E-state index is 11.5. The lowest BCUT2D eigenvalue weighted by atomic mass is 10.1. The van der Waals surface area contributed by atoms with Gasteiger partial charge >= 0.3 is 0 Å². The van der Waals surface area contributed by atoms with Crippen molar-refractivity contribution in [2.75, 3.05) is 7.11 Å². The molecule has 0 aliphatic heterocycles. The molecule has 1 atom stereocenters. The van der Waals surface area contributed by atoms with Crippen molar-refractivity contribution in [3.63, 3.8) is 0 Å². The Labute approximate surface area is 162 Å². The number of aryl methyl sites for hydroxylation is 1. The molecule has 0 saturated heterocycles. The van der Waals surface area contributed by atoms with Crippen molar-refractivity contribution in [1.29, 1.82) is 0 Å². The summed E-state index contributed by atoms with van der Waals surface area (Å²) >= 11 is 1.32. The molecule has 2 aromatic carbocycles. The van der Waals surface area contributed by atoms with Crippen LogP contribution < -0.4 is 10.5 Å². The number of nitrogens with two attached hydrogens (primary N) is 1. The van der Waals surface area contributed by atoms with Crippen molar-refractivity contribution in [1.82, 2.24) is 14.8 Å². The van der Waals surface area contributed by atoms with Crippen LogP contribution in [-0.2, 0) is 17.8 Å². The lowest BCUT2D eigenvalue weighted by Gasteiger charge is -2.13. The lowest BCUT2D eigenvalue weighted by Crippen LogP contribution is -2.23. The van der Waals surface area contributed by atoms with E-state index in [9.17, 15) is 4.79 Å². The number of ether oxygens (including phenoxy) is 1. The zero-order valence-corrected chi connectivity index (χ0v) is 16.1. The smallest absolute Gasteiger partial charge is 0.230 e. The molecule has 6 nitrogen and oxygen atoms in total. The summed E-state index contributed by atoms with van der Waals surface area (Å²) in [6, 6.07) is 17.9. The second-order valence-electron chi connectivity index (χ2n) is 6.06. The SMILES string of the molecule is COc1ccccc1-c1nnc(S[C@@H](C)C(N)=O)n1CCc1ccccc1. The number of benzene rings is 2. The summed E-state index contributed by atoms with van der Waals surface area (Å²) in [6.07, 6.45) is 0.819. The van der Waals surface area contributed by atoms with Gasteiger partial charge in [0.1, 0.15) is 5.75 Å². The van der Waals surface area contributed by atoms with Crippen molar-refractivity contribution in [3.8, 4) is 17.1 Å². The molecule has 0 aliphatic carbocycles. The van der Waals surface area contributed by atoms with Crippen molar-refractivity contribution < 1.29 is 9.53 Å². The molecule has 0 saturated carbocycles. The van der Waals surface area contributed by atoms with Gasteiger partial charge in [0.05, 0.1) is 17.9 Å². The Morgan fingerprint density at radius 3 is 2.56 bits per heavy atom. The number of nitrogens with zero attached hydrogens (tertiary/aromatic N) is 3. The molecule has 140 valence electrons. The second kappa shape index (κ2) is 8.73. The largest absolute Gasteiger partial charge is 0.496 e. The van der Waals surface area contributed by atoms with Gasteiger partial charge < -0.3 is 15.0 Å². The van der Waals surface area contributed by atoms with Gasteiger partial charge in [-0.15, -0.1) is 10.2 Å².